The predicted octanol–water partition coefficient (Wildman–Crippen LogP) is 3.76. The Bertz CT molecular complexity index is 490. The molecule has 1 amide bonds. The number of benzene rings is 1. The van der Waals surface area contributed by atoms with Crippen molar-refractivity contribution in [2.24, 2.45) is 0 Å². The van der Waals surface area contributed by atoms with E-state index in [-0.39, 0.29) is 5.91 Å². The molecule has 0 aliphatic heterocycles. The maximum absolute atomic E-state index is 12.1. The van der Waals surface area contributed by atoms with Crippen LogP contribution in [0.5, 0.6) is 0 Å². The second-order valence-corrected chi connectivity index (χ2v) is 5.79. The Hall–Kier alpha value is -0.870. The maximum Gasteiger partial charge on any atom is 0.263 e. The zero-order valence-electron chi connectivity index (χ0n) is 9.65. The van der Waals surface area contributed by atoms with E-state index >= 15 is 0 Å². The van der Waals surface area contributed by atoms with Gasteiger partial charge in [-0.05, 0) is 23.9 Å². The van der Waals surface area contributed by atoms with Crippen LogP contribution in [0.15, 0.2) is 30.3 Å². The van der Waals surface area contributed by atoms with E-state index in [1.807, 2.05) is 31.3 Å². The Morgan fingerprint density at radius 2 is 2.18 bits per heavy atom. The predicted molar refractivity (Wildman–Crippen MR) is 77.2 cm³/mol. The average molecular weight is 312 g/mol. The minimum Gasteiger partial charge on any atom is -0.341 e. The van der Waals surface area contributed by atoms with Gasteiger partial charge in [-0.25, -0.2) is 0 Å². The summed E-state index contributed by atoms with van der Waals surface area (Å²) in [5, 5.41) is 2.08. The van der Waals surface area contributed by atoms with Crippen molar-refractivity contribution < 1.29 is 4.79 Å². The van der Waals surface area contributed by atoms with Crippen molar-refractivity contribution in [3.63, 3.8) is 0 Å². The molecule has 0 aliphatic carbocycles. The monoisotopic (exact) mass is 311 g/mol. The fraction of sp³-hybridized carbons (Fsp3) is 0.308. The van der Waals surface area contributed by atoms with E-state index in [4.69, 9.17) is 0 Å². The van der Waals surface area contributed by atoms with Gasteiger partial charge in [-0.15, -0.1) is 11.3 Å². The van der Waals surface area contributed by atoms with Crippen molar-refractivity contribution in [2.75, 3.05) is 18.9 Å². The van der Waals surface area contributed by atoms with E-state index in [1.165, 1.54) is 4.70 Å². The smallest absolute Gasteiger partial charge is 0.263 e. The van der Waals surface area contributed by atoms with Gasteiger partial charge in [0.15, 0.2) is 0 Å². The summed E-state index contributed by atoms with van der Waals surface area (Å²) in [6.07, 6.45) is 0.979. The highest BCUT2D eigenvalue weighted by atomic mass is 79.9. The molecule has 2 nitrogen and oxygen atoms in total. The van der Waals surface area contributed by atoms with Crippen LogP contribution in [0.3, 0.4) is 0 Å². The van der Waals surface area contributed by atoms with Gasteiger partial charge in [0.25, 0.3) is 5.91 Å². The number of fused-ring (bicyclic) bond motifs is 1. The first-order valence-corrected chi connectivity index (χ1v) is 7.46. The molecular weight excluding hydrogens is 298 g/mol. The highest BCUT2D eigenvalue weighted by Crippen LogP contribution is 2.26. The van der Waals surface area contributed by atoms with Gasteiger partial charge in [0, 0.05) is 23.6 Å². The molecule has 4 heteroatoms. The van der Waals surface area contributed by atoms with Crippen molar-refractivity contribution >= 4 is 43.3 Å². The lowest BCUT2D eigenvalue weighted by Gasteiger charge is -2.14. The molecule has 0 aliphatic rings. The summed E-state index contributed by atoms with van der Waals surface area (Å²) in [6, 6.07) is 10.1. The molecule has 1 heterocycles. The molecule has 90 valence electrons. The number of alkyl halides is 1. The number of thiophene rings is 1. The van der Waals surface area contributed by atoms with Gasteiger partial charge in [-0.3, -0.25) is 4.79 Å². The summed E-state index contributed by atoms with van der Waals surface area (Å²) in [5.41, 5.74) is 0. The minimum atomic E-state index is 0.118. The molecule has 0 unspecified atom stereocenters. The molecule has 2 rings (SSSR count). The normalized spacial score (nSPS) is 10.7. The topological polar surface area (TPSA) is 20.3 Å². The van der Waals surface area contributed by atoms with Crippen LogP contribution in [0.1, 0.15) is 16.1 Å². The van der Waals surface area contributed by atoms with Gasteiger partial charge in [-0.2, -0.15) is 0 Å². The molecule has 0 saturated carbocycles. The first-order chi connectivity index (χ1) is 8.22. The lowest BCUT2D eigenvalue weighted by Crippen LogP contribution is -2.27. The second kappa shape index (κ2) is 5.65. The van der Waals surface area contributed by atoms with Crippen molar-refractivity contribution in [3.05, 3.63) is 35.2 Å². The number of rotatable bonds is 4. The lowest BCUT2D eigenvalue weighted by molar-refractivity contribution is 0.0800. The van der Waals surface area contributed by atoms with Crippen LogP contribution in [0.25, 0.3) is 10.1 Å². The number of halogens is 1. The standard InChI is InChI=1S/C13H14BrNOS/c1-15(8-4-7-14)13(16)12-9-10-5-2-3-6-11(10)17-12/h2-3,5-6,9H,4,7-8H2,1H3. The molecule has 1 aromatic heterocycles. The third-order valence-electron chi connectivity index (χ3n) is 2.61. The fourth-order valence-electron chi connectivity index (χ4n) is 1.67. The Kier molecular flexibility index (Phi) is 4.18. The number of nitrogens with zero attached hydrogens (tertiary/aromatic N) is 1. The van der Waals surface area contributed by atoms with Crippen molar-refractivity contribution in [3.8, 4) is 0 Å². The molecule has 0 spiro atoms. The molecule has 0 radical (unpaired) electrons. The van der Waals surface area contributed by atoms with E-state index < -0.39 is 0 Å². The third-order valence-corrected chi connectivity index (χ3v) is 4.27. The van der Waals surface area contributed by atoms with Gasteiger partial charge in [0.2, 0.25) is 0 Å². The summed E-state index contributed by atoms with van der Waals surface area (Å²) in [6.45, 7) is 0.790. The Morgan fingerprint density at radius 3 is 2.88 bits per heavy atom. The van der Waals surface area contributed by atoms with Crippen LogP contribution in [0.2, 0.25) is 0 Å². The van der Waals surface area contributed by atoms with Gasteiger partial charge in [0.1, 0.15) is 0 Å². The average Bonchev–Trinajstić information content (AvgIpc) is 2.78. The summed E-state index contributed by atoms with van der Waals surface area (Å²) in [7, 11) is 1.86. The Morgan fingerprint density at radius 1 is 1.41 bits per heavy atom. The van der Waals surface area contributed by atoms with Gasteiger partial charge >= 0.3 is 0 Å². The molecule has 0 fully saturated rings. The van der Waals surface area contributed by atoms with E-state index in [1.54, 1.807) is 16.2 Å². The van der Waals surface area contributed by atoms with Crippen LogP contribution in [-0.2, 0) is 0 Å². The highest BCUT2D eigenvalue weighted by Gasteiger charge is 2.14. The maximum atomic E-state index is 12.1. The van der Waals surface area contributed by atoms with Crippen LogP contribution >= 0.6 is 27.3 Å². The molecule has 17 heavy (non-hydrogen) atoms. The molecule has 0 saturated heterocycles. The van der Waals surface area contributed by atoms with E-state index in [9.17, 15) is 4.79 Å². The van der Waals surface area contributed by atoms with Gasteiger partial charge in [0.05, 0.1) is 4.88 Å². The van der Waals surface area contributed by atoms with Crippen LogP contribution in [0.4, 0.5) is 0 Å². The summed E-state index contributed by atoms with van der Waals surface area (Å²) in [4.78, 5) is 14.7. The Labute approximate surface area is 113 Å². The van der Waals surface area contributed by atoms with Crippen molar-refractivity contribution in [1.29, 1.82) is 0 Å². The number of carbonyl (C=O) groups excluding carboxylic acids is 1. The van der Waals surface area contributed by atoms with Gasteiger partial charge < -0.3 is 4.90 Å². The van der Waals surface area contributed by atoms with E-state index in [0.717, 1.165) is 28.6 Å². The second-order valence-electron chi connectivity index (χ2n) is 3.92. The molecule has 0 N–H and O–H groups in total. The number of hydrogen-bond acceptors (Lipinski definition) is 2. The largest absolute Gasteiger partial charge is 0.341 e. The van der Waals surface area contributed by atoms with Crippen LogP contribution in [0, 0.1) is 0 Å². The fourth-order valence-corrected chi connectivity index (χ4v) is 2.98. The third kappa shape index (κ3) is 2.87. The van der Waals surface area contributed by atoms with Crippen molar-refractivity contribution in [2.45, 2.75) is 6.42 Å². The quantitative estimate of drug-likeness (QED) is 0.787. The summed E-state index contributed by atoms with van der Waals surface area (Å²) in [5.74, 6) is 0.118. The van der Waals surface area contributed by atoms with E-state index in [2.05, 4.69) is 22.0 Å². The minimum absolute atomic E-state index is 0.118. The number of carbonyl (C=O) groups is 1. The molecule has 0 atom stereocenters. The zero-order valence-corrected chi connectivity index (χ0v) is 12.1. The SMILES string of the molecule is CN(CCCBr)C(=O)c1cc2ccccc2s1. The first kappa shape index (κ1) is 12.6. The van der Waals surface area contributed by atoms with Gasteiger partial charge in [-0.1, -0.05) is 34.1 Å². The number of amides is 1. The van der Waals surface area contributed by atoms with Crippen LogP contribution in [-0.4, -0.2) is 29.7 Å². The molecule has 0 bridgehead atoms. The highest BCUT2D eigenvalue weighted by molar-refractivity contribution is 9.09. The zero-order chi connectivity index (χ0) is 12.3. The van der Waals surface area contributed by atoms with Crippen LogP contribution < -0.4 is 0 Å². The van der Waals surface area contributed by atoms with E-state index in [0.29, 0.717) is 0 Å². The summed E-state index contributed by atoms with van der Waals surface area (Å²) < 4.78 is 1.17. The molecule has 2 aromatic rings. The molecule has 1 aromatic carbocycles. The van der Waals surface area contributed by atoms with Crippen molar-refractivity contribution in [1.82, 2.24) is 4.90 Å². The lowest BCUT2D eigenvalue weighted by atomic mass is 10.2. The molecular formula is C13H14BrNOS. The first-order valence-electron chi connectivity index (χ1n) is 5.52. The number of hydrogen-bond donors (Lipinski definition) is 0. The Balaban J connectivity index is 2.18. The summed E-state index contributed by atoms with van der Waals surface area (Å²) >= 11 is 4.94.